The Morgan fingerprint density at radius 2 is 1.77 bits per heavy atom. The number of carbonyl (C=O) groups is 1. The first-order valence-corrected chi connectivity index (χ1v) is 9.78. The predicted molar refractivity (Wildman–Crippen MR) is 96.7 cm³/mol. The molecule has 1 amide bonds. The molecular weight excluding hydrogens is 356 g/mol. The summed E-state index contributed by atoms with van der Waals surface area (Å²) in [7, 11) is -2.05. The second-order valence-corrected chi connectivity index (χ2v) is 7.83. The molecule has 1 saturated heterocycles. The van der Waals surface area contributed by atoms with E-state index in [2.05, 4.69) is 9.82 Å². The van der Waals surface area contributed by atoms with Gasteiger partial charge >= 0.3 is 0 Å². The van der Waals surface area contributed by atoms with E-state index in [4.69, 9.17) is 4.74 Å². The molecule has 0 bridgehead atoms. The van der Waals surface area contributed by atoms with Crippen LogP contribution in [0, 0.1) is 13.8 Å². The van der Waals surface area contributed by atoms with Gasteiger partial charge in [0, 0.05) is 31.4 Å². The number of hydrogen-bond acceptors (Lipinski definition) is 5. The Morgan fingerprint density at radius 3 is 2.31 bits per heavy atom. The quantitative estimate of drug-likeness (QED) is 0.866. The highest BCUT2D eigenvalue weighted by Gasteiger charge is 2.24. The van der Waals surface area contributed by atoms with E-state index in [1.165, 1.54) is 4.68 Å². The maximum atomic E-state index is 12.7. The lowest BCUT2D eigenvalue weighted by molar-refractivity contribution is 0.0303. The van der Waals surface area contributed by atoms with Gasteiger partial charge in [-0.1, -0.05) is 0 Å². The van der Waals surface area contributed by atoms with Crippen LogP contribution < -0.4 is 4.72 Å². The van der Waals surface area contributed by atoms with Crippen LogP contribution in [0.4, 0.5) is 5.69 Å². The Kier molecular flexibility index (Phi) is 5.01. The molecule has 9 heteroatoms. The molecule has 2 heterocycles. The van der Waals surface area contributed by atoms with Crippen LogP contribution in [0.3, 0.4) is 0 Å². The van der Waals surface area contributed by atoms with Crippen LogP contribution in [-0.2, 0) is 21.8 Å². The largest absolute Gasteiger partial charge is 0.378 e. The number of nitrogens with one attached hydrogen (secondary N) is 1. The zero-order chi connectivity index (χ0) is 18.9. The molecule has 0 saturated carbocycles. The summed E-state index contributed by atoms with van der Waals surface area (Å²) in [6, 6.07) is 6.43. The van der Waals surface area contributed by atoms with Crippen molar-refractivity contribution >= 4 is 21.6 Å². The maximum Gasteiger partial charge on any atom is 0.265 e. The van der Waals surface area contributed by atoms with Crippen LogP contribution in [0.5, 0.6) is 0 Å². The Balaban J connectivity index is 1.77. The smallest absolute Gasteiger partial charge is 0.265 e. The van der Waals surface area contributed by atoms with Crippen molar-refractivity contribution in [3.8, 4) is 0 Å². The van der Waals surface area contributed by atoms with Crippen LogP contribution in [-0.4, -0.2) is 55.3 Å². The van der Waals surface area contributed by atoms with E-state index in [0.29, 0.717) is 48.9 Å². The number of amides is 1. The fourth-order valence-corrected chi connectivity index (χ4v) is 4.48. The molecule has 1 aliphatic rings. The Bertz CT molecular complexity index is 913. The summed E-state index contributed by atoms with van der Waals surface area (Å²) < 4.78 is 34.7. The molecule has 1 aromatic carbocycles. The number of aromatic nitrogens is 2. The minimum absolute atomic E-state index is 0.0818. The third-order valence-corrected chi connectivity index (χ3v) is 6.03. The molecule has 8 nitrogen and oxygen atoms in total. The van der Waals surface area contributed by atoms with Crippen LogP contribution in [0.1, 0.15) is 21.7 Å². The Labute approximate surface area is 152 Å². The van der Waals surface area contributed by atoms with Gasteiger partial charge in [-0.05, 0) is 38.1 Å². The van der Waals surface area contributed by atoms with Gasteiger partial charge in [0.1, 0.15) is 4.90 Å². The Hall–Kier alpha value is -2.39. The lowest BCUT2D eigenvalue weighted by Gasteiger charge is -2.26. The average molecular weight is 378 g/mol. The third-order valence-electron chi connectivity index (χ3n) is 4.39. The molecule has 0 spiro atoms. The van der Waals surface area contributed by atoms with Crippen molar-refractivity contribution in [1.82, 2.24) is 14.7 Å². The number of hydrogen-bond donors (Lipinski definition) is 1. The van der Waals surface area contributed by atoms with E-state index in [1.54, 1.807) is 50.1 Å². The predicted octanol–water partition coefficient (Wildman–Crippen LogP) is 1.31. The average Bonchev–Trinajstić information content (AvgIpc) is 2.88. The molecule has 0 unspecified atom stereocenters. The fourth-order valence-electron chi connectivity index (χ4n) is 2.98. The number of nitrogens with zero attached hydrogens (tertiary/aromatic N) is 3. The van der Waals surface area contributed by atoms with E-state index < -0.39 is 10.0 Å². The number of carbonyl (C=O) groups excluding carboxylic acids is 1. The topological polar surface area (TPSA) is 93.5 Å². The molecular formula is C17H22N4O4S. The zero-order valence-corrected chi connectivity index (χ0v) is 15.8. The number of rotatable bonds is 4. The van der Waals surface area contributed by atoms with E-state index >= 15 is 0 Å². The monoisotopic (exact) mass is 378 g/mol. The SMILES string of the molecule is Cc1nn(C)c(C)c1S(=O)(=O)Nc1ccc(C(=O)N2CCOCC2)cc1. The second kappa shape index (κ2) is 7.08. The number of ether oxygens (including phenoxy) is 1. The van der Waals surface area contributed by atoms with Crippen molar-refractivity contribution in [1.29, 1.82) is 0 Å². The van der Waals surface area contributed by atoms with Gasteiger partial charge in [-0.25, -0.2) is 8.42 Å². The molecule has 0 radical (unpaired) electrons. The highest BCUT2D eigenvalue weighted by atomic mass is 32.2. The molecule has 1 aromatic heterocycles. The lowest BCUT2D eigenvalue weighted by Crippen LogP contribution is -2.40. The van der Waals surface area contributed by atoms with Crippen LogP contribution in [0.25, 0.3) is 0 Å². The van der Waals surface area contributed by atoms with Gasteiger partial charge in [0.2, 0.25) is 0 Å². The molecule has 1 N–H and O–H groups in total. The highest BCUT2D eigenvalue weighted by Crippen LogP contribution is 2.22. The van der Waals surface area contributed by atoms with E-state index in [1.807, 2.05) is 0 Å². The standard InChI is InChI=1S/C17H22N4O4S/c1-12-16(13(2)20(3)18-12)26(23,24)19-15-6-4-14(5-7-15)17(22)21-8-10-25-11-9-21/h4-7,19H,8-11H2,1-3H3. The second-order valence-electron chi connectivity index (χ2n) is 6.21. The minimum atomic E-state index is -3.75. The molecule has 1 fully saturated rings. The van der Waals surface area contributed by atoms with Crippen LogP contribution in [0.15, 0.2) is 29.2 Å². The van der Waals surface area contributed by atoms with Gasteiger partial charge in [-0.2, -0.15) is 5.10 Å². The molecule has 3 rings (SSSR count). The molecule has 0 aliphatic carbocycles. The summed E-state index contributed by atoms with van der Waals surface area (Å²) in [6.45, 7) is 5.56. The first-order chi connectivity index (χ1) is 12.3. The molecule has 2 aromatic rings. The minimum Gasteiger partial charge on any atom is -0.378 e. The van der Waals surface area contributed by atoms with E-state index in [9.17, 15) is 13.2 Å². The first kappa shape index (κ1) is 18.4. The maximum absolute atomic E-state index is 12.7. The van der Waals surface area contributed by atoms with E-state index in [0.717, 1.165) is 0 Å². The number of aryl methyl sites for hydroxylation is 2. The van der Waals surface area contributed by atoms with E-state index in [-0.39, 0.29) is 10.8 Å². The van der Waals surface area contributed by atoms with Crippen molar-refractivity contribution < 1.29 is 17.9 Å². The summed E-state index contributed by atoms with van der Waals surface area (Å²) in [5, 5.41) is 4.14. The molecule has 26 heavy (non-hydrogen) atoms. The summed E-state index contributed by atoms with van der Waals surface area (Å²) in [5.74, 6) is -0.0818. The van der Waals surface area contributed by atoms with Crippen molar-refractivity contribution in [3.05, 3.63) is 41.2 Å². The summed E-state index contributed by atoms with van der Waals surface area (Å²) in [4.78, 5) is 14.3. The van der Waals surface area contributed by atoms with Gasteiger partial charge in [-0.15, -0.1) is 0 Å². The van der Waals surface area contributed by atoms with Gasteiger partial charge in [0.15, 0.2) is 0 Å². The number of morpholine rings is 1. The summed E-state index contributed by atoms with van der Waals surface area (Å²) in [5.41, 5.74) is 1.92. The summed E-state index contributed by atoms with van der Waals surface area (Å²) in [6.07, 6.45) is 0. The van der Waals surface area contributed by atoms with Gasteiger partial charge in [0.05, 0.1) is 24.6 Å². The summed E-state index contributed by atoms with van der Waals surface area (Å²) >= 11 is 0. The van der Waals surface area contributed by atoms with Gasteiger partial charge in [0.25, 0.3) is 15.9 Å². The molecule has 140 valence electrons. The Morgan fingerprint density at radius 1 is 1.15 bits per heavy atom. The van der Waals surface area contributed by atoms with Crippen molar-refractivity contribution in [2.24, 2.45) is 7.05 Å². The normalized spacial score (nSPS) is 15.1. The fraction of sp³-hybridized carbons (Fsp3) is 0.412. The van der Waals surface area contributed by atoms with Gasteiger partial charge in [-0.3, -0.25) is 14.2 Å². The lowest BCUT2D eigenvalue weighted by atomic mass is 10.2. The highest BCUT2D eigenvalue weighted by molar-refractivity contribution is 7.92. The van der Waals surface area contributed by atoms with Crippen LogP contribution >= 0.6 is 0 Å². The third kappa shape index (κ3) is 3.58. The number of sulfonamides is 1. The molecule has 1 aliphatic heterocycles. The van der Waals surface area contributed by atoms with Crippen molar-refractivity contribution in [2.75, 3.05) is 31.0 Å². The number of benzene rings is 1. The number of anilines is 1. The first-order valence-electron chi connectivity index (χ1n) is 8.29. The van der Waals surface area contributed by atoms with Crippen molar-refractivity contribution in [3.63, 3.8) is 0 Å². The zero-order valence-electron chi connectivity index (χ0n) is 15.0. The van der Waals surface area contributed by atoms with Gasteiger partial charge < -0.3 is 9.64 Å². The molecule has 0 atom stereocenters. The van der Waals surface area contributed by atoms with Crippen molar-refractivity contribution in [2.45, 2.75) is 18.7 Å². The van der Waals surface area contributed by atoms with Crippen LogP contribution in [0.2, 0.25) is 0 Å².